The Bertz CT molecular complexity index is 463. The van der Waals surface area contributed by atoms with Gasteiger partial charge in [0.05, 0.1) is 5.56 Å². The number of hydrogen-bond donors (Lipinski definition) is 1. The Kier molecular flexibility index (Phi) is 5.85. The lowest BCUT2D eigenvalue weighted by Crippen LogP contribution is -2.32. The maximum absolute atomic E-state index is 12.7. The van der Waals surface area contributed by atoms with Gasteiger partial charge in [-0.15, -0.1) is 0 Å². The van der Waals surface area contributed by atoms with Crippen LogP contribution in [0.5, 0.6) is 0 Å². The van der Waals surface area contributed by atoms with Crippen LogP contribution in [0.3, 0.4) is 0 Å². The highest BCUT2D eigenvalue weighted by Crippen LogP contribution is 2.35. The minimum absolute atomic E-state index is 0.00283. The predicted octanol–water partition coefficient (Wildman–Crippen LogP) is 4.37. The number of carbonyl (C=O) groups is 1. The molecule has 0 aromatic heterocycles. The van der Waals surface area contributed by atoms with Gasteiger partial charge in [0.1, 0.15) is 0 Å². The van der Waals surface area contributed by atoms with Crippen LogP contribution >= 0.6 is 31.9 Å². The van der Waals surface area contributed by atoms with Gasteiger partial charge in [0.15, 0.2) is 0 Å². The zero-order valence-corrected chi connectivity index (χ0v) is 13.2. The molecule has 7 heteroatoms. The second-order valence-electron chi connectivity index (χ2n) is 4.04. The van der Waals surface area contributed by atoms with Gasteiger partial charge in [0.25, 0.3) is 5.91 Å². The van der Waals surface area contributed by atoms with Crippen molar-refractivity contribution >= 4 is 37.8 Å². The molecule has 19 heavy (non-hydrogen) atoms. The second-order valence-corrected chi connectivity index (χ2v) is 5.69. The molecule has 0 radical (unpaired) electrons. The number of alkyl halides is 4. The number of rotatable bonds is 4. The van der Waals surface area contributed by atoms with Crippen LogP contribution in [0.1, 0.15) is 29.3 Å². The number of carbonyl (C=O) groups excluding carboxylic acids is 1. The highest BCUT2D eigenvalue weighted by Gasteiger charge is 2.33. The molecular formula is C12H12Br2F3NO. The molecule has 1 atom stereocenters. The Hall–Kier alpha value is -0.560. The summed E-state index contributed by atoms with van der Waals surface area (Å²) in [6, 6.07) is 3.33. The summed E-state index contributed by atoms with van der Waals surface area (Å²) in [6.07, 6.45) is -3.79. The first-order valence-electron chi connectivity index (χ1n) is 5.49. The summed E-state index contributed by atoms with van der Waals surface area (Å²) in [5.41, 5.74) is -0.856. The fraction of sp³-hybridized carbons (Fsp3) is 0.417. The minimum atomic E-state index is -4.49. The van der Waals surface area contributed by atoms with Crippen molar-refractivity contribution in [2.75, 3.05) is 5.33 Å². The van der Waals surface area contributed by atoms with Gasteiger partial charge in [-0.3, -0.25) is 4.79 Å². The average molecular weight is 403 g/mol. The van der Waals surface area contributed by atoms with Crippen molar-refractivity contribution in [3.8, 4) is 0 Å². The lowest BCUT2D eigenvalue weighted by Gasteiger charge is -2.14. The maximum Gasteiger partial charge on any atom is 0.417 e. The first-order chi connectivity index (χ1) is 8.75. The zero-order chi connectivity index (χ0) is 14.6. The van der Waals surface area contributed by atoms with Crippen molar-refractivity contribution in [2.45, 2.75) is 25.6 Å². The van der Waals surface area contributed by atoms with E-state index in [1.807, 2.05) is 0 Å². The monoisotopic (exact) mass is 401 g/mol. The molecule has 1 N–H and O–H groups in total. The number of nitrogens with one attached hydrogen (secondary N) is 1. The first kappa shape index (κ1) is 16.5. The lowest BCUT2D eigenvalue weighted by atomic mass is 10.1. The zero-order valence-electron chi connectivity index (χ0n) is 10.0. The standard InChI is InChI=1S/C12H12Br2F3NO/c1-7(4-5-13)18-11(19)8-2-3-10(14)9(6-8)12(15,16)17/h2-3,6-7H,4-5H2,1H3,(H,18,19). The summed E-state index contributed by atoms with van der Waals surface area (Å²) in [4.78, 5) is 11.8. The fourth-order valence-corrected chi connectivity index (χ4v) is 2.58. The molecule has 0 saturated heterocycles. The van der Waals surface area contributed by atoms with Crippen molar-refractivity contribution in [1.29, 1.82) is 0 Å². The van der Waals surface area contributed by atoms with E-state index in [0.29, 0.717) is 11.8 Å². The normalized spacial score (nSPS) is 13.2. The highest BCUT2D eigenvalue weighted by molar-refractivity contribution is 9.10. The SMILES string of the molecule is CC(CCBr)NC(=O)c1ccc(Br)c(C(F)(F)F)c1. The summed E-state index contributed by atoms with van der Waals surface area (Å²) >= 11 is 6.07. The smallest absolute Gasteiger partial charge is 0.350 e. The predicted molar refractivity (Wildman–Crippen MR) is 74.5 cm³/mol. The van der Waals surface area contributed by atoms with E-state index in [1.54, 1.807) is 6.92 Å². The molecule has 1 rings (SSSR count). The molecule has 0 aliphatic heterocycles. The van der Waals surface area contributed by atoms with Gasteiger partial charge in [-0.05, 0) is 31.5 Å². The molecule has 0 saturated carbocycles. The molecule has 0 spiro atoms. The third-order valence-corrected chi connectivity index (χ3v) is 3.60. The average Bonchev–Trinajstić information content (AvgIpc) is 2.27. The van der Waals surface area contributed by atoms with E-state index in [1.165, 1.54) is 12.1 Å². The maximum atomic E-state index is 12.7. The van der Waals surface area contributed by atoms with Crippen LogP contribution in [0, 0.1) is 0 Å². The van der Waals surface area contributed by atoms with Crippen LogP contribution in [0.15, 0.2) is 22.7 Å². The van der Waals surface area contributed by atoms with Crippen molar-refractivity contribution in [2.24, 2.45) is 0 Å². The van der Waals surface area contributed by atoms with Crippen molar-refractivity contribution in [3.63, 3.8) is 0 Å². The summed E-state index contributed by atoms with van der Waals surface area (Å²) in [5.74, 6) is -0.508. The van der Waals surface area contributed by atoms with E-state index in [9.17, 15) is 18.0 Å². The second kappa shape index (κ2) is 6.74. The molecule has 1 amide bonds. The quantitative estimate of drug-likeness (QED) is 0.744. The van der Waals surface area contributed by atoms with E-state index >= 15 is 0 Å². The molecule has 0 aliphatic rings. The number of halogens is 5. The van der Waals surface area contributed by atoms with E-state index in [2.05, 4.69) is 37.2 Å². The van der Waals surface area contributed by atoms with Gasteiger partial charge in [0.2, 0.25) is 0 Å². The Morgan fingerprint density at radius 1 is 1.42 bits per heavy atom. The van der Waals surface area contributed by atoms with Crippen LogP contribution in [0.4, 0.5) is 13.2 Å². The first-order valence-corrected chi connectivity index (χ1v) is 7.40. The number of hydrogen-bond acceptors (Lipinski definition) is 1. The Balaban J connectivity index is 2.93. The molecule has 106 valence electrons. The number of benzene rings is 1. The summed E-state index contributed by atoms with van der Waals surface area (Å²) in [6.45, 7) is 1.79. The van der Waals surface area contributed by atoms with Crippen molar-refractivity contribution < 1.29 is 18.0 Å². The molecule has 1 unspecified atom stereocenters. The molecule has 2 nitrogen and oxygen atoms in total. The van der Waals surface area contributed by atoms with Crippen molar-refractivity contribution in [3.05, 3.63) is 33.8 Å². The van der Waals surface area contributed by atoms with Gasteiger partial charge >= 0.3 is 6.18 Å². The Morgan fingerprint density at radius 2 is 2.05 bits per heavy atom. The highest BCUT2D eigenvalue weighted by atomic mass is 79.9. The number of amides is 1. The minimum Gasteiger partial charge on any atom is -0.350 e. The summed E-state index contributed by atoms with van der Waals surface area (Å²) in [5, 5.41) is 3.35. The largest absolute Gasteiger partial charge is 0.417 e. The van der Waals surface area contributed by atoms with Crippen LogP contribution in [-0.2, 0) is 6.18 Å². The van der Waals surface area contributed by atoms with E-state index in [-0.39, 0.29) is 16.1 Å². The third-order valence-electron chi connectivity index (χ3n) is 2.45. The Morgan fingerprint density at radius 3 is 2.58 bits per heavy atom. The van der Waals surface area contributed by atoms with Gasteiger partial charge in [-0.25, -0.2) is 0 Å². The molecular weight excluding hydrogens is 391 g/mol. The van der Waals surface area contributed by atoms with Crippen LogP contribution in [-0.4, -0.2) is 17.3 Å². The lowest BCUT2D eigenvalue weighted by molar-refractivity contribution is -0.138. The van der Waals surface area contributed by atoms with E-state index in [0.717, 1.165) is 6.07 Å². The molecule has 1 aromatic carbocycles. The van der Waals surface area contributed by atoms with Crippen LogP contribution in [0.25, 0.3) is 0 Å². The molecule has 0 bridgehead atoms. The summed E-state index contributed by atoms with van der Waals surface area (Å²) < 4.78 is 38.0. The van der Waals surface area contributed by atoms with Gasteiger partial charge in [-0.2, -0.15) is 13.2 Å². The molecule has 1 aromatic rings. The molecule has 0 fully saturated rings. The van der Waals surface area contributed by atoms with E-state index in [4.69, 9.17) is 0 Å². The third kappa shape index (κ3) is 4.80. The Labute approximate surface area is 126 Å². The van der Waals surface area contributed by atoms with Crippen LogP contribution < -0.4 is 5.32 Å². The van der Waals surface area contributed by atoms with E-state index < -0.39 is 17.6 Å². The topological polar surface area (TPSA) is 29.1 Å². The van der Waals surface area contributed by atoms with Gasteiger partial charge in [0, 0.05) is 21.4 Å². The molecule has 0 heterocycles. The molecule has 0 aliphatic carbocycles. The summed E-state index contributed by atoms with van der Waals surface area (Å²) in [7, 11) is 0. The van der Waals surface area contributed by atoms with Crippen molar-refractivity contribution in [1.82, 2.24) is 5.32 Å². The van der Waals surface area contributed by atoms with Crippen LogP contribution in [0.2, 0.25) is 0 Å². The fourth-order valence-electron chi connectivity index (χ4n) is 1.43. The van der Waals surface area contributed by atoms with Gasteiger partial charge < -0.3 is 5.32 Å². The van der Waals surface area contributed by atoms with Gasteiger partial charge in [-0.1, -0.05) is 31.9 Å².